The number of aryl methyl sites for hydroxylation is 4. The molecule has 5 rings (SSSR count). The Bertz CT molecular complexity index is 1270. The highest BCUT2D eigenvalue weighted by molar-refractivity contribution is 6.14. The van der Waals surface area contributed by atoms with Gasteiger partial charge in [0, 0.05) is 25.0 Å². The average molecular weight is 401 g/mol. The van der Waals surface area contributed by atoms with E-state index in [0.717, 1.165) is 25.1 Å². The average Bonchev–Trinajstić information content (AvgIpc) is 3.39. The van der Waals surface area contributed by atoms with Crippen LogP contribution in [-0.2, 0) is 13.0 Å². The van der Waals surface area contributed by atoms with Gasteiger partial charge in [-0.3, -0.25) is 9.48 Å². The Kier molecular flexibility index (Phi) is 4.38. The molecule has 1 aliphatic rings. The van der Waals surface area contributed by atoms with Gasteiger partial charge in [-0.2, -0.15) is 5.10 Å². The van der Waals surface area contributed by atoms with Crippen molar-refractivity contribution < 1.29 is 9.32 Å². The highest BCUT2D eigenvalue weighted by atomic mass is 16.5. The van der Waals surface area contributed by atoms with E-state index in [1.54, 1.807) is 0 Å². The summed E-state index contributed by atoms with van der Waals surface area (Å²) in [5, 5.41) is 9.27. The fourth-order valence-corrected chi connectivity index (χ4v) is 4.15. The summed E-state index contributed by atoms with van der Waals surface area (Å²) in [6.07, 6.45) is 3.82. The van der Waals surface area contributed by atoms with Gasteiger partial charge >= 0.3 is 0 Å². The van der Waals surface area contributed by atoms with E-state index in [1.807, 2.05) is 47.8 Å². The maximum atomic E-state index is 13.8. The van der Waals surface area contributed by atoms with Crippen molar-refractivity contribution in [3.05, 3.63) is 58.9 Å². The summed E-state index contributed by atoms with van der Waals surface area (Å²) in [5.74, 6) is -0.0605. The summed E-state index contributed by atoms with van der Waals surface area (Å²) in [6, 6.07) is 9.99. The van der Waals surface area contributed by atoms with Crippen molar-refractivity contribution in [3.8, 4) is 11.4 Å². The number of carbonyl (C=O) groups is 1. The minimum absolute atomic E-state index is 0.0605. The molecule has 0 radical (unpaired) electrons. The third-order valence-corrected chi connectivity index (χ3v) is 5.67. The minimum Gasteiger partial charge on any atom is -0.335 e. The van der Waals surface area contributed by atoms with Crippen LogP contribution in [-0.4, -0.2) is 32.4 Å². The Labute approximate surface area is 174 Å². The second kappa shape index (κ2) is 7.09. The minimum atomic E-state index is -0.0605. The monoisotopic (exact) mass is 401 g/mol. The van der Waals surface area contributed by atoms with E-state index in [1.165, 1.54) is 11.1 Å². The van der Waals surface area contributed by atoms with Crippen LogP contribution in [0.4, 0.5) is 5.69 Å². The maximum absolute atomic E-state index is 13.8. The van der Waals surface area contributed by atoms with Crippen LogP contribution in [0.1, 0.15) is 40.5 Å². The molecular formula is C23H23N5O2. The molecule has 0 fully saturated rings. The largest absolute Gasteiger partial charge is 0.335 e. The Balaban J connectivity index is 1.65. The number of hydrogen-bond donors (Lipinski definition) is 0. The Hall–Kier alpha value is -3.48. The van der Waals surface area contributed by atoms with E-state index in [-0.39, 0.29) is 5.91 Å². The lowest BCUT2D eigenvalue weighted by molar-refractivity contribution is 0.0986. The van der Waals surface area contributed by atoms with Crippen LogP contribution in [0.2, 0.25) is 0 Å². The fraction of sp³-hybridized carbons (Fsp3) is 0.304. The van der Waals surface area contributed by atoms with Crippen LogP contribution in [0, 0.1) is 13.8 Å². The van der Waals surface area contributed by atoms with Crippen LogP contribution in [0.3, 0.4) is 0 Å². The highest BCUT2D eigenvalue weighted by Crippen LogP contribution is 2.32. The van der Waals surface area contributed by atoms with Crippen LogP contribution in [0.15, 0.2) is 41.1 Å². The summed E-state index contributed by atoms with van der Waals surface area (Å²) in [5.41, 5.74) is 6.28. The Morgan fingerprint density at radius 2 is 2.03 bits per heavy atom. The van der Waals surface area contributed by atoms with Crippen molar-refractivity contribution >= 4 is 22.7 Å². The van der Waals surface area contributed by atoms with Gasteiger partial charge in [0.05, 0.1) is 22.3 Å². The number of anilines is 1. The number of rotatable bonds is 3. The highest BCUT2D eigenvalue weighted by Gasteiger charge is 2.28. The van der Waals surface area contributed by atoms with Crippen molar-refractivity contribution in [3.63, 3.8) is 0 Å². The molecule has 0 spiro atoms. The lowest BCUT2D eigenvalue weighted by atomic mass is 9.98. The van der Waals surface area contributed by atoms with Crippen molar-refractivity contribution in [1.82, 2.24) is 19.9 Å². The van der Waals surface area contributed by atoms with Crippen molar-refractivity contribution in [2.24, 2.45) is 0 Å². The van der Waals surface area contributed by atoms with Gasteiger partial charge < -0.3 is 9.42 Å². The molecule has 7 nitrogen and oxygen atoms in total. The first-order valence-electron chi connectivity index (χ1n) is 10.3. The third-order valence-electron chi connectivity index (χ3n) is 5.67. The van der Waals surface area contributed by atoms with Gasteiger partial charge in [-0.1, -0.05) is 22.9 Å². The predicted octanol–water partition coefficient (Wildman–Crippen LogP) is 4.32. The van der Waals surface area contributed by atoms with E-state index >= 15 is 0 Å². The summed E-state index contributed by atoms with van der Waals surface area (Å²) in [6.45, 7) is 7.39. The van der Waals surface area contributed by atoms with Crippen molar-refractivity contribution in [2.45, 2.75) is 40.2 Å². The summed E-state index contributed by atoms with van der Waals surface area (Å²) in [4.78, 5) is 20.2. The first-order chi connectivity index (χ1) is 14.5. The molecule has 0 aliphatic carbocycles. The van der Waals surface area contributed by atoms with Crippen LogP contribution >= 0.6 is 0 Å². The maximum Gasteiger partial charge on any atom is 0.259 e. The summed E-state index contributed by atoms with van der Waals surface area (Å²) >= 11 is 0. The molecule has 152 valence electrons. The zero-order chi connectivity index (χ0) is 20.8. The molecule has 0 bridgehead atoms. The van der Waals surface area contributed by atoms with Crippen LogP contribution < -0.4 is 4.90 Å². The molecular weight excluding hydrogens is 378 g/mol. The summed E-state index contributed by atoms with van der Waals surface area (Å²) < 4.78 is 7.27. The molecule has 0 N–H and O–H groups in total. The van der Waals surface area contributed by atoms with Crippen LogP contribution in [0.5, 0.6) is 0 Å². The van der Waals surface area contributed by atoms with E-state index < -0.39 is 0 Å². The smallest absolute Gasteiger partial charge is 0.259 e. The van der Waals surface area contributed by atoms with Gasteiger partial charge in [-0.25, -0.2) is 4.98 Å². The lowest BCUT2D eigenvalue weighted by Crippen LogP contribution is -2.35. The second-order valence-corrected chi connectivity index (χ2v) is 7.75. The number of amides is 1. The molecule has 30 heavy (non-hydrogen) atoms. The Morgan fingerprint density at radius 3 is 2.83 bits per heavy atom. The first kappa shape index (κ1) is 18.5. The number of aromatic nitrogens is 4. The quantitative estimate of drug-likeness (QED) is 0.511. The molecule has 0 unspecified atom stereocenters. The molecule has 0 atom stereocenters. The Morgan fingerprint density at radius 1 is 1.17 bits per heavy atom. The number of benzene rings is 1. The van der Waals surface area contributed by atoms with E-state index in [9.17, 15) is 4.79 Å². The number of pyridine rings is 1. The van der Waals surface area contributed by atoms with Crippen molar-refractivity contribution in [2.75, 3.05) is 11.4 Å². The van der Waals surface area contributed by atoms with Crippen LogP contribution in [0.25, 0.3) is 22.5 Å². The molecule has 0 saturated carbocycles. The van der Waals surface area contributed by atoms with Gasteiger partial charge in [-0.15, -0.1) is 0 Å². The first-order valence-corrected chi connectivity index (χ1v) is 10.3. The second-order valence-electron chi connectivity index (χ2n) is 7.75. The summed E-state index contributed by atoms with van der Waals surface area (Å²) in [7, 11) is 0. The third kappa shape index (κ3) is 2.98. The van der Waals surface area contributed by atoms with E-state index in [4.69, 9.17) is 4.52 Å². The fourth-order valence-electron chi connectivity index (χ4n) is 4.15. The number of carbonyl (C=O) groups excluding carboxylic acids is 1. The molecule has 1 aliphatic heterocycles. The van der Waals surface area contributed by atoms with Gasteiger partial charge in [0.2, 0.25) is 0 Å². The normalized spacial score (nSPS) is 13.6. The molecule has 0 saturated heterocycles. The topological polar surface area (TPSA) is 77.0 Å². The predicted molar refractivity (Wildman–Crippen MR) is 115 cm³/mol. The van der Waals surface area contributed by atoms with Crippen molar-refractivity contribution in [1.29, 1.82) is 0 Å². The van der Waals surface area contributed by atoms with Gasteiger partial charge in [-0.05, 0) is 57.4 Å². The molecule has 4 heterocycles. The van der Waals surface area contributed by atoms with Gasteiger partial charge in [0.25, 0.3) is 11.6 Å². The van der Waals surface area contributed by atoms with E-state index in [2.05, 4.69) is 34.3 Å². The zero-order valence-corrected chi connectivity index (χ0v) is 17.3. The molecule has 7 heteroatoms. The number of fused-ring (bicyclic) bond motifs is 2. The van der Waals surface area contributed by atoms with Gasteiger partial charge in [0.1, 0.15) is 5.69 Å². The lowest BCUT2D eigenvalue weighted by Gasteiger charge is -2.30. The molecule has 3 aromatic heterocycles. The zero-order valence-electron chi connectivity index (χ0n) is 17.3. The standard InChI is InChI=1S/C23H23N5O2/c1-4-27-11-9-18(25-27)19-13-17(21-15(3)26-30-22(21)24-19)23(29)28-10-5-6-16-12-14(2)7-8-20(16)28/h7-9,11-13H,4-6,10H2,1-3H3. The van der Waals surface area contributed by atoms with Gasteiger partial charge in [0.15, 0.2) is 0 Å². The SMILES string of the molecule is CCn1ccc(-c2cc(C(=O)N3CCCc4cc(C)ccc43)c3c(C)noc3n2)n1. The molecule has 1 aromatic carbocycles. The molecule has 4 aromatic rings. The molecule has 1 amide bonds. The van der Waals surface area contributed by atoms with E-state index in [0.29, 0.717) is 40.3 Å². The number of hydrogen-bond acceptors (Lipinski definition) is 5. The number of nitrogens with zero attached hydrogens (tertiary/aromatic N) is 5.